The van der Waals surface area contributed by atoms with Crippen LogP contribution in [0.25, 0.3) is 0 Å². The van der Waals surface area contributed by atoms with Crippen LogP contribution in [0, 0.1) is 0 Å². The predicted molar refractivity (Wildman–Crippen MR) is 65.9 cm³/mol. The van der Waals surface area contributed by atoms with E-state index in [0.717, 1.165) is 9.79 Å². The molecule has 0 saturated carbocycles. The third kappa shape index (κ3) is 2.94. The zero-order valence-corrected chi connectivity index (χ0v) is 9.63. The maximum Gasteiger partial charge on any atom is 0.115 e. The summed E-state index contributed by atoms with van der Waals surface area (Å²) in [6, 6.07) is 15.2. The lowest BCUT2D eigenvalue weighted by atomic mass is 10.3. The van der Waals surface area contributed by atoms with E-state index in [-0.39, 0.29) is 0 Å². The van der Waals surface area contributed by atoms with Crippen LogP contribution in [-0.2, 0) is 0 Å². The summed E-state index contributed by atoms with van der Waals surface area (Å²) >= 11 is 5.89. The standard InChI is InChI=1S/C12H10OS2/c13-9-1-5-11(6-2-9)15-12-7-3-10(14)4-8-12/h1-8,13-14H. The molecule has 0 radical (unpaired) electrons. The lowest BCUT2D eigenvalue weighted by molar-refractivity contribution is 0.475. The largest absolute Gasteiger partial charge is 0.508 e. The molecular formula is C12H10OS2. The van der Waals surface area contributed by atoms with Crippen molar-refractivity contribution < 1.29 is 5.11 Å². The van der Waals surface area contributed by atoms with Gasteiger partial charge in [0.15, 0.2) is 0 Å². The second kappa shape index (κ2) is 4.64. The monoisotopic (exact) mass is 234 g/mol. The van der Waals surface area contributed by atoms with Gasteiger partial charge in [0, 0.05) is 14.7 Å². The van der Waals surface area contributed by atoms with Gasteiger partial charge in [-0.1, -0.05) is 11.8 Å². The van der Waals surface area contributed by atoms with E-state index >= 15 is 0 Å². The Hall–Kier alpha value is -1.06. The molecule has 0 bridgehead atoms. The zero-order chi connectivity index (χ0) is 10.7. The summed E-state index contributed by atoms with van der Waals surface area (Å²) in [4.78, 5) is 3.24. The number of aromatic hydroxyl groups is 1. The van der Waals surface area contributed by atoms with E-state index in [4.69, 9.17) is 5.11 Å². The van der Waals surface area contributed by atoms with Gasteiger partial charge in [-0.25, -0.2) is 0 Å². The van der Waals surface area contributed by atoms with E-state index in [0.29, 0.717) is 5.75 Å². The predicted octanol–water partition coefficient (Wildman–Crippen LogP) is 3.83. The first-order chi connectivity index (χ1) is 7.24. The molecule has 0 heterocycles. The summed E-state index contributed by atoms with van der Waals surface area (Å²) in [5, 5.41) is 9.14. The van der Waals surface area contributed by atoms with Crippen LogP contribution >= 0.6 is 24.4 Å². The maximum absolute atomic E-state index is 9.14. The van der Waals surface area contributed by atoms with Crippen molar-refractivity contribution in [2.45, 2.75) is 14.7 Å². The topological polar surface area (TPSA) is 20.2 Å². The minimum atomic E-state index is 0.296. The highest BCUT2D eigenvalue weighted by molar-refractivity contribution is 7.99. The van der Waals surface area contributed by atoms with Gasteiger partial charge in [0.25, 0.3) is 0 Å². The number of phenolic OH excluding ortho intramolecular Hbond substituents is 1. The van der Waals surface area contributed by atoms with Crippen molar-refractivity contribution in [1.29, 1.82) is 0 Å². The van der Waals surface area contributed by atoms with Crippen LogP contribution in [0.3, 0.4) is 0 Å². The Morgan fingerprint density at radius 2 is 1.27 bits per heavy atom. The summed E-state index contributed by atoms with van der Waals surface area (Å²) < 4.78 is 0. The Morgan fingerprint density at radius 1 is 0.800 bits per heavy atom. The van der Waals surface area contributed by atoms with E-state index in [9.17, 15) is 0 Å². The Balaban J connectivity index is 2.15. The van der Waals surface area contributed by atoms with Crippen LogP contribution in [0.4, 0.5) is 0 Å². The van der Waals surface area contributed by atoms with Crippen molar-refractivity contribution in [2.75, 3.05) is 0 Å². The average Bonchev–Trinajstić information content (AvgIpc) is 2.25. The lowest BCUT2D eigenvalue weighted by Crippen LogP contribution is -1.73. The number of hydrogen-bond donors (Lipinski definition) is 2. The maximum atomic E-state index is 9.14. The highest BCUT2D eigenvalue weighted by Crippen LogP contribution is 2.29. The summed E-state index contributed by atoms with van der Waals surface area (Å²) in [5.41, 5.74) is 0. The van der Waals surface area contributed by atoms with Gasteiger partial charge in [-0.05, 0) is 48.5 Å². The quantitative estimate of drug-likeness (QED) is 0.770. The first kappa shape index (κ1) is 10.5. The van der Waals surface area contributed by atoms with E-state index in [2.05, 4.69) is 12.6 Å². The molecule has 0 aliphatic carbocycles. The fourth-order valence-electron chi connectivity index (χ4n) is 1.16. The third-order valence-electron chi connectivity index (χ3n) is 1.91. The molecule has 3 heteroatoms. The van der Waals surface area contributed by atoms with E-state index in [1.165, 1.54) is 4.90 Å². The smallest absolute Gasteiger partial charge is 0.115 e. The third-order valence-corrected chi connectivity index (χ3v) is 3.22. The minimum absolute atomic E-state index is 0.296. The molecule has 0 fully saturated rings. The van der Waals surface area contributed by atoms with Crippen LogP contribution < -0.4 is 0 Å². The molecule has 0 aliphatic rings. The van der Waals surface area contributed by atoms with Gasteiger partial charge in [0.2, 0.25) is 0 Å². The summed E-state index contributed by atoms with van der Waals surface area (Å²) in [6.07, 6.45) is 0. The van der Waals surface area contributed by atoms with Gasteiger partial charge in [0.1, 0.15) is 5.75 Å². The van der Waals surface area contributed by atoms with Crippen molar-refractivity contribution in [3.8, 4) is 5.75 Å². The molecule has 2 aromatic rings. The van der Waals surface area contributed by atoms with Crippen LogP contribution in [-0.4, -0.2) is 5.11 Å². The first-order valence-electron chi connectivity index (χ1n) is 4.50. The highest BCUT2D eigenvalue weighted by atomic mass is 32.2. The fraction of sp³-hybridized carbons (Fsp3) is 0. The molecule has 0 amide bonds. The van der Waals surface area contributed by atoms with E-state index < -0.39 is 0 Å². The van der Waals surface area contributed by atoms with Crippen molar-refractivity contribution in [3.05, 3.63) is 48.5 Å². The second-order valence-electron chi connectivity index (χ2n) is 3.09. The summed E-state index contributed by atoms with van der Waals surface area (Å²) in [6.45, 7) is 0. The number of phenols is 1. The highest BCUT2D eigenvalue weighted by Gasteiger charge is 1.97. The summed E-state index contributed by atoms with van der Waals surface area (Å²) in [7, 11) is 0. The molecule has 15 heavy (non-hydrogen) atoms. The molecular weight excluding hydrogens is 224 g/mol. The molecule has 2 rings (SSSR count). The molecule has 2 aromatic carbocycles. The van der Waals surface area contributed by atoms with Gasteiger partial charge < -0.3 is 5.11 Å². The van der Waals surface area contributed by atoms with Gasteiger partial charge in [-0.15, -0.1) is 12.6 Å². The van der Waals surface area contributed by atoms with Gasteiger partial charge >= 0.3 is 0 Å². The number of rotatable bonds is 2. The Bertz CT molecular complexity index is 391. The Kier molecular flexibility index (Phi) is 3.23. The Morgan fingerprint density at radius 3 is 1.80 bits per heavy atom. The normalized spacial score (nSPS) is 10.2. The molecule has 0 unspecified atom stereocenters. The fourth-order valence-corrected chi connectivity index (χ4v) is 2.13. The Labute approximate surface area is 98.6 Å². The van der Waals surface area contributed by atoms with Gasteiger partial charge in [-0.2, -0.15) is 0 Å². The molecule has 0 atom stereocenters. The van der Waals surface area contributed by atoms with Crippen LogP contribution in [0.2, 0.25) is 0 Å². The van der Waals surface area contributed by atoms with Crippen molar-refractivity contribution >= 4 is 24.4 Å². The number of thiol groups is 1. The van der Waals surface area contributed by atoms with Crippen LogP contribution in [0.5, 0.6) is 5.75 Å². The molecule has 1 N–H and O–H groups in total. The minimum Gasteiger partial charge on any atom is -0.508 e. The van der Waals surface area contributed by atoms with Crippen molar-refractivity contribution in [3.63, 3.8) is 0 Å². The van der Waals surface area contributed by atoms with Crippen molar-refractivity contribution in [1.82, 2.24) is 0 Å². The first-order valence-corrected chi connectivity index (χ1v) is 5.76. The summed E-state index contributed by atoms with van der Waals surface area (Å²) in [5.74, 6) is 0.296. The van der Waals surface area contributed by atoms with Gasteiger partial charge in [-0.3, -0.25) is 0 Å². The molecule has 0 spiro atoms. The zero-order valence-electron chi connectivity index (χ0n) is 7.92. The van der Waals surface area contributed by atoms with E-state index in [1.807, 2.05) is 36.4 Å². The number of hydrogen-bond acceptors (Lipinski definition) is 3. The van der Waals surface area contributed by atoms with E-state index in [1.54, 1.807) is 23.9 Å². The van der Waals surface area contributed by atoms with Crippen molar-refractivity contribution in [2.24, 2.45) is 0 Å². The van der Waals surface area contributed by atoms with Crippen LogP contribution in [0.15, 0.2) is 63.2 Å². The van der Waals surface area contributed by atoms with Gasteiger partial charge in [0.05, 0.1) is 0 Å². The molecule has 0 saturated heterocycles. The number of benzene rings is 2. The lowest BCUT2D eigenvalue weighted by Gasteiger charge is -2.01. The second-order valence-corrected chi connectivity index (χ2v) is 4.75. The van der Waals surface area contributed by atoms with Crippen LogP contribution in [0.1, 0.15) is 0 Å². The molecule has 76 valence electrons. The molecule has 0 aliphatic heterocycles. The SMILES string of the molecule is Oc1ccc(Sc2ccc(S)cc2)cc1. The average molecular weight is 234 g/mol. The molecule has 0 aromatic heterocycles. The molecule has 1 nitrogen and oxygen atoms in total.